The molecule has 2 aromatic heterocycles. The van der Waals surface area contributed by atoms with Gasteiger partial charge in [-0.2, -0.15) is 0 Å². The second kappa shape index (κ2) is 9.86. The first-order valence-corrected chi connectivity index (χ1v) is 20.5. The van der Waals surface area contributed by atoms with Crippen molar-refractivity contribution >= 4 is 121 Å². The van der Waals surface area contributed by atoms with E-state index in [9.17, 15) is 0 Å². The predicted octanol–water partition coefficient (Wildman–Crippen LogP) is 12.1. The van der Waals surface area contributed by atoms with Crippen LogP contribution < -0.4 is 16.4 Å². The van der Waals surface area contributed by atoms with E-state index < -0.39 is 0 Å². The predicted molar refractivity (Wildman–Crippen MR) is 247 cm³/mol. The van der Waals surface area contributed by atoms with Crippen LogP contribution in [0.3, 0.4) is 0 Å². The van der Waals surface area contributed by atoms with E-state index in [0.717, 1.165) is 0 Å². The Bertz CT molecular complexity index is 3630. The molecule has 0 unspecified atom stereocenters. The number of benzene rings is 10. The SMILES string of the molecule is Cc1ccc2c(c1)c1cc(C(C)(C)C)cc3c4cc(C)ccc4c4c5c6c(c2c4c13)-n1c2ccccc2c2cccc(c21)B6c1cccc2c3ccccc3n-5c12. The molecule has 0 radical (unpaired) electrons. The number of aryl methyl sites for hydroxylation is 2. The summed E-state index contributed by atoms with van der Waals surface area (Å²) in [6.07, 6.45) is 0. The highest BCUT2D eigenvalue weighted by Gasteiger charge is 2.43. The highest BCUT2D eigenvalue weighted by atomic mass is 15.0. The summed E-state index contributed by atoms with van der Waals surface area (Å²) in [5.41, 5.74) is 16.1. The summed E-state index contributed by atoms with van der Waals surface area (Å²) in [5, 5.41) is 18.9. The zero-order valence-corrected chi connectivity index (χ0v) is 32.7. The number of rotatable bonds is 0. The third-order valence-corrected chi connectivity index (χ3v) is 14.0. The Labute approximate surface area is 329 Å². The largest absolute Gasteiger partial charge is 0.310 e. The highest BCUT2D eigenvalue weighted by molar-refractivity contribution is 7.01. The van der Waals surface area contributed by atoms with E-state index in [-0.39, 0.29) is 12.1 Å². The van der Waals surface area contributed by atoms with Crippen molar-refractivity contribution < 1.29 is 0 Å². The smallest absolute Gasteiger partial charge is 0.252 e. The monoisotopic (exact) mass is 724 g/mol. The average Bonchev–Trinajstić information content (AvgIpc) is 3.74. The van der Waals surface area contributed by atoms with Gasteiger partial charge in [0.05, 0.1) is 22.4 Å². The van der Waals surface area contributed by atoms with Crippen LogP contribution >= 0.6 is 0 Å². The summed E-state index contributed by atoms with van der Waals surface area (Å²) >= 11 is 0. The van der Waals surface area contributed by atoms with Gasteiger partial charge in [0.1, 0.15) is 0 Å². The Morgan fingerprint density at radius 3 is 1.37 bits per heavy atom. The summed E-state index contributed by atoms with van der Waals surface area (Å²) < 4.78 is 5.37. The molecule has 0 saturated heterocycles. The third-order valence-electron chi connectivity index (χ3n) is 14.0. The van der Waals surface area contributed by atoms with Gasteiger partial charge in [-0.1, -0.05) is 141 Å². The van der Waals surface area contributed by atoms with Crippen LogP contribution in [0.1, 0.15) is 37.5 Å². The van der Waals surface area contributed by atoms with Crippen molar-refractivity contribution in [2.24, 2.45) is 0 Å². The van der Waals surface area contributed by atoms with E-state index in [2.05, 4.69) is 177 Å². The van der Waals surface area contributed by atoms with Gasteiger partial charge in [-0.3, -0.25) is 0 Å². The molecule has 266 valence electrons. The van der Waals surface area contributed by atoms with Crippen molar-refractivity contribution in [1.29, 1.82) is 0 Å². The average molecular weight is 725 g/mol. The van der Waals surface area contributed by atoms with Crippen molar-refractivity contribution in [3.63, 3.8) is 0 Å². The van der Waals surface area contributed by atoms with Crippen LogP contribution in [-0.2, 0) is 5.41 Å². The maximum absolute atomic E-state index is 2.68. The lowest BCUT2D eigenvalue weighted by Gasteiger charge is -2.36. The summed E-state index contributed by atoms with van der Waals surface area (Å²) in [5.74, 6) is 0. The molecular weight excluding hydrogens is 687 g/mol. The van der Waals surface area contributed by atoms with E-state index in [4.69, 9.17) is 0 Å². The van der Waals surface area contributed by atoms with Crippen LogP contribution in [0.5, 0.6) is 0 Å². The Morgan fingerprint density at radius 2 is 0.877 bits per heavy atom. The lowest BCUT2D eigenvalue weighted by atomic mass is 9.34. The Hall–Kier alpha value is -6.58. The molecule has 10 aromatic carbocycles. The van der Waals surface area contributed by atoms with Crippen LogP contribution in [0.4, 0.5) is 0 Å². The van der Waals surface area contributed by atoms with E-state index >= 15 is 0 Å². The van der Waals surface area contributed by atoms with Gasteiger partial charge in [-0.05, 0) is 103 Å². The van der Waals surface area contributed by atoms with Crippen LogP contribution in [0, 0.1) is 13.8 Å². The number of hydrogen-bond acceptors (Lipinski definition) is 0. The van der Waals surface area contributed by atoms with E-state index in [1.807, 2.05) is 0 Å². The molecule has 2 nitrogen and oxygen atoms in total. The van der Waals surface area contributed by atoms with Crippen LogP contribution in [0.25, 0.3) is 109 Å². The zero-order valence-electron chi connectivity index (χ0n) is 32.7. The van der Waals surface area contributed by atoms with Crippen LogP contribution in [-0.4, -0.2) is 15.8 Å². The van der Waals surface area contributed by atoms with Crippen molar-refractivity contribution in [3.8, 4) is 11.4 Å². The molecule has 12 aromatic rings. The third kappa shape index (κ3) is 3.45. The fourth-order valence-electron chi connectivity index (χ4n) is 11.7. The van der Waals surface area contributed by atoms with Gasteiger partial charge in [0.25, 0.3) is 6.71 Å². The molecule has 14 rings (SSSR count). The number of nitrogens with zero attached hydrogens (tertiary/aromatic N) is 2. The topological polar surface area (TPSA) is 9.86 Å². The molecule has 0 N–H and O–H groups in total. The fourth-order valence-corrected chi connectivity index (χ4v) is 11.7. The standard InChI is InChI=1S/C54H37BN2/c1-28-20-22-33-37(24-28)39-26-30(54(3,4)5)27-40-38-25-29(2)21-23-34(38)47-48(45(39)40)46(33)52-49-53(47)57-44-19-9-7-13-32(44)36-15-11-17-42(51(36)57)55(49)41-16-10-14-35-31-12-6-8-18-43(31)56(52)50(35)41/h6-27H,1-5H3. The first-order valence-electron chi connectivity index (χ1n) is 20.5. The summed E-state index contributed by atoms with van der Waals surface area (Å²) in [7, 11) is 0. The first kappa shape index (κ1) is 30.6. The maximum Gasteiger partial charge on any atom is 0.252 e. The molecule has 4 heterocycles. The summed E-state index contributed by atoms with van der Waals surface area (Å²) in [4.78, 5) is 0. The molecule has 2 aliphatic heterocycles. The Balaban J connectivity index is 1.40. The number of para-hydroxylation sites is 4. The van der Waals surface area contributed by atoms with E-state index in [1.54, 1.807) is 0 Å². The Morgan fingerprint density at radius 1 is 0.404 bits per heavy atom. The number of hydrogen-bond donors (Lipinski definition) is 0. The molecule has 0 spiro atoms. The molecule has 2 aliphatic rings. The number of fused-ring (bicyclic) bond motifs is 18. The van der Waals surface area contributed by atoms with Gasteiger partial charge in [-0.25, -0.2) is 0 Å². The van der Waals surface area contributed by atoms with Gasteiger partial charge in [0, 0.05) is 48.7 Å². The molecule has 0 fully saturated rings. The Kier molecular flexibility index (Phi) is 5.30. The molecule has 0 atom stereocenters. The summed E-state index contributed by atoms with van der Waals surface area (Å²) in [6, 6.07) is 52.0. The minimum absolute atomic E-state index is 0.0200. The fraction of sp³-hybridized carbons (Fsp3) is 0.111. The highest BCUT2D eigenvalue weighted by Crippen LogP contribution is 2.52. The van der Waals surface area contributed by atoms with Gasteiger partial charge in [0.15, 0.2) is 0 Å². The molecule has 57 heavy (non-hydrogen) atoms. The lowest BCUT2D eigenvalue weighted by Crippen LogP contribution is -2.59. The lowest BCUT2D eigenvalue weighted by molar-refractivity contribution is 0.592. The maximum atomic E-state index is 2.68. The van der Waals surface area contributed by atoms with Gasteiger partial charge in [-0.15, -0.1) is 0 Å². The summed E-state index contributed by atoms with van der Waals surface area (Å²) in [6.45, 7) is 11.7. The van der Waals surface area contributed by atoms with Crippen molar-refractivity contribution in [2.45, 2.75) is 40.0 Å². The van der Waals surface area contributed by atoms with Gasteiger partial charge in [0.2, 0.25) is 0 Å². The first-order chi connectivity index (χ1) is 27.8. The van der Waals surface area contributed by atoms with Crippen molar-refractivity contribution in [3.05, 3.63) is 150 Å². The van der Waals surface area contributed by atoms with Gasteiger partial charge < -0.3 is 9.13 Å². The molecule has 3 heteroatoms. The minimum atomic E-state index is -0.0200. The quantitative estimate of drug-likeness (QED) is 0.0837. The van der Waals surface area contributed by atoms with Crippen molar-refractivity contribution in [2.75, 3.05) is 0 Å². The molecule has 0 amide bonds. The molecule has 0 bridgehead atoms. The second-order valence-electron chi connectivity index (χ2n) is 18.2. The molecular formula is C54H37BN2. The van der Waals surface area contributed by atoms with Crippen LogP contribution in [0.2, 0.25) is 0 Å². The molecule has 0 aliphatic carbocycles. The number of aromatic nitrogens is 2. The van der Waals surface area contributed by atoms with Gasteiger partial charge >= 0.3 is 0 Å². The molecule has 0 saturated carbocycles. The van der Waals surface area contributed by atoms with Crippen molar-refractivity contribution in [1.82, 2.24) is 9.13 Å². The van der Waals surface area contributed by atoms with E-state index in [0.29, 0.717) is 0 Å². The minimum Gasteiger partial charge on any atom is -0.310 e. The van der Waals surface area contributed by atoms with E-state index in [1.165, 1.54) is 142 Å². The zero-order chi connectivity index (χ0) is 37.8. The second-order valence-corrected chi connectivity index (χ2v) is 18.2. The normalized spacial score (nSPS) is 13.7. The van der Waals surface area contributed by atoms with Crippen LogP contribution in [0.15, 0.2) is 133 Å².